The van der Waals surface area contributed by atoms with Gasteiger partial charge in [-0.05, 0) is 19.0 Å². The van der Waals surface area contributed by atoms with E-state index in [0.717, 1.165) is 13.8 Å². The zero-order valence-corrected chi connectivity index (χ0v) is 11.3. The number of carbonyl (C=O) groups is 1. The van der Waals surface area contributed by atoms with Crippen molar-refractivity contribution in [2.45, 2.75) is 43.8 Å². The lowest BCUT2D eigenvalue weighted by Gasteiger charge is -2.31. The second-order valence-electron chi connectivity index (χ2n) is 4.29. The maximum absolute atomic E-state index is 13.0. The molecule has 4 nitrogen and oxygen atoms in total. The Morgan fingerprint density at radius 1 is 1.04 bits per heavy atom. The molecule has 1 atom stereocenters. The SMILES string of the molecule is CC(=O)C(C)N=[N+]([O-])/C=C/C(F)(F)C(F)(F)C(F)(F)C(F)(F)F. The third kappa shape index (κ3) is 4.34. The van der Waals surface area contributed by atoms with Crippen LogP contribution in [0, 0.1) is 5.21 Å². The first-order chi connectivity index (χ1) is 9.97. The zero-order valence-electron chi connectivity index (χ0n) is 11.3. The molecular weight excluding hydrogens is 351 g/mol. The number of rotatable bonds is 6. The minimum atomic E-state index is -7.05. The maximum atomic E-state index is 13.0. The summed E-state index contributed by atoms with van der Waals surface area (Å²) in [4.78, 5) is 9.87. The lowest BCUT2D eigenvalue weighted by Crippen LogP contribution is -2.60. The molecule has 0 saturated carbocycles. The Morgan fingerprint density at radius 3 is 1.83 bits per heavy atom. The highest BCUT2D eigenvalue weighted by molar-refractivity contribution is 5.80. The van der Waals surface area contributed by atoms with E-state index in [2.05, 4.69) is 5.11 Å². The molecule has 134 valence electrons. The number of alkyl halides is 9. The van der Waals surface area contributed by atoms with E-state index >= 15 is 0 Å². The lowest BCUT2D eigenvalue weighted by molar-refractivity contribution is -0.462. The molecule has 0 aliphatic carbocycles. The molecule has 0 aromatic carbocycles. The van der Waals surface area contributed by atoms with Crippen molar-refractivity contribution in [2.24, 2.45) is 5.11 Å². The predicted molar refractivity (Wildman–Crippen MR) is 56.2 cm³/mol. The first-order valence-electron chi connectivity index (χ1n) is 5.54. The summed E-state index contributed by atoms with van der Waals surface area (Å²) in [5.74, 6) is -20.7. The van der Waals surface area contributed by atoms with Gasteiger partial charge in [-0.1, -0.05) is 4.86 Å². The maximum Gasteiger partial charge on any atom is 0.460 e. The van der Waals surface area contributed by atoms with Gasteiger partial charge in [-0.3, -0.25) is 4.79 Å². The largest absolute Gasteiger partial charge is 0.595 e. The van der Waals surface area contributed by atoms with Crippen LogP contribution < -0.4 is 0 Å². The smallest absolute Gasteiger partial charge is 0.460 e. The van der Waals surface area contributed by atoms with Crippen molar-refractivity contribution in [1.82, 2.24) is 0 Å². The third-order valence-corrected chi connectivity index (χ3v) is 2.46. The number of azo groups is 1. The molecule has 0 radical (unpaired) electrons. The van der Waals surface area contributed by atoms with E-state index in [-0.39, 0.29) is 0 Å². The summed E-state index contributed by atoms with van der Waals surface area (Å²) in [6, 6.07) is -1.37. The number of carbonyl (C=O) groups excluding carboxylic acids is 1. The van der Waals surface area contributed by atoms with Gasteiger partial charge < -0.3 is 5.21 Å². The Bertz CT molecular complexity index is 511. The van der Waals surface area contributed by atoms with Crippen molar-refractivity contribution in [2.75, 3.05) is 0 Å². The van der Waals surface area contributed by atoms with Crippen molar-refractivity contribution in [3.8, 4) is 0 Å². The van der Waals surface area contributed by atoms with E-state index in [4.69, 9.17) is 0 Å². The Morgan fingerprint density at radius 2 is 1.48 bits per heavy atom. The van der Waals surface area contributed by atoms with Crippen molar-refractivity contribution in [3.63, 3.8) is 0 Å². The lowest BCUT2D eigenvalue weighted by atomic mass is 10.0. The minimum Gasteiger partial charge on any atom is -0.595 e. The number of hydrogen-bond acceptors (Lipinski definition) is 3. The number of ketones is 1. The van der Waals surface area contributed by atoms with Crippen LogP contribution in [0.4, 0.5) is 39.5 Å². The average molecular weight is 360 g/mol. The Kier molecular flexibility index (Phi) is 5.85. The second-order valence-corrected chi connectivity index (χ2v) is 4.29. The Balaban J connectivity index is 5.57. The average Bonchev–Trinajstić information content (AvgIpc) is 2.34. The van der Waals surface area contributed by atoms with Crippen molar-refractivity contribution < 1.29 is 49.2 Å². The van der Waals surface area contributed by atoms with Crippen molar-refractivity contribution in [3.05, 3.63) is 17.5 Å². The van der Waals surface area contributed by atoms with Gasteiger partial charge in [0.05, 0.1) is 6.08 Å². The Hall–Kier alpha value is -1.82. The number of halogens is 9. The number of nitrogens with zero attached hydrogens (tertiary/aromatic N) is 2. The normalized spacial score (nSPS) is 16.7. The quantitative estimate of drug-likeness (QED) is 0.312. The van der Waals surface area contributed by atoms with Crippen LogP contribution in [-0.2, 0) is 4.79 Å². The summed E-state index contributed by atoms with van der Waals surface area (Å²) in [5, 5.41) is 13.7. The van der Waals surface area contributed by atoms with Gasteiger partial charge in [0.2, 0.25) is 6.20 Å². The van der Waals surface area contributed by atoms with E-state index in [1.807, 2.05) is 0 Å². The fourth-order valence-corrected chi connectivity index (χ4v) is 0.940. The molecule has 0 bridgehead atoms. The van der Waals surface area contributed by atoms with Crippen LogP contribution in [0.2, 0.25) is 0 Å². The number of Topliss-reactive ketones (excluding diaryl/α,β-unsaturated/α-hetero) is 1. The van der Waals surface area contributed by atoms with E-state index in [1.54, 1.807) is 0 Å². The summed E-state index contributed by atoms with van der Waals surface area (Å²) in [5.41, 5.74) is 0. The first kappa shape index (κ1) is 21.2. The third-order valence-electron chi connectivity index (χ3n) is 2.46. The predicted octanol–water partition coefficient (Wildman–Crippen LogP) is 3.91. The van der Waals surface area contributed by atoms with E-state index < -0.39 is 52.9 Å². The number of allylic oxidation sites excluding steroid dienone is 1. The minimum absolute atomic E-state index is 0.500. The van der Waals surface area contributed by atoms with Gasteiger partial charge >= 0.3 is 23.9 Å². The van der Waals surface area contributed by atoms with Crippen molar-refractivity contribution in [1.29, 1.82) is 0 Å². The number of hydroxylamine groups is 1. The van der Waals surface area contributed by atoms with Gasteiger partial charge in [0.25, 0.3) is 0 Å². The van der Waals surface area contributed by atoms with Crippen LogP contribution >= 0.6 is 0 Å². The molecule has 0 aromatic heterocycles. The monoisotopic (exact) mass is 360 g/mol. The number of hydrogen-bond donors (Lipinski definition) is 0. The molecular formula is C10H9F9N2O2. The molecule has 0 aliphatic rings. The highest BCUT2D eigenvalue weighted by atomic mass is 19.4. The highest BCUT2D eigenvalue weighted by Crippen LogP contribution is 2.53. The second kappa shape index (κ2) is 6.35. The van der Waals surface area contributed by atoms with Gasteiger partial charge in [-0.2, -0.15) is 39.5 Å². The van der Waals surface area contributed by atoms with Crippen LogP contribution in [0.25, 0.3) is 0 Å². The van der Waals surface area contributed by atoms with Crippen LogP contribution in [0.3, 0.4) is 0 Å². The molecule has 0 N–H and O–H groups in total. The fourth-order valence-electron chi connectivity index (χ4n) is 0.940. The molecule has 0 spiro atoms. The van der Waals surface area contributed by atoms with Gasteiger partial charge in [0.15, 0.2) is 11.8 Å². The van der Waals surface area contributed by atoms with Gasteiger partial charge in [0.1, 0.15) is 0 Å². The molecule has 0 heterocycles. The molecule has 0 fully saturated rings. The van der Waals surface area contributed by atoms with Crippen LogP contribution in [0.5, 0.6) is 0 Å². The highest BCUT2D eigenvalue weighted by Gasteiger charge is 2.81. The molecule has 1 unspecified atom stereocenters. The molecule has 13 heteroatoms. The molecule has 0 aliphatic heterocycles. The zero-order chi connectivity index (χ0) is 18.9. The van der Waals surface area contributed by atoms with E-state index in [1.165, 1.54) is 0 Å². The molecule has 0 saturated heterocycles. The summed E-state index contributed by atoms with van der Waals surface area (Å²) in [6.45, 7) is 1.96. The topological polar surface area (TPSA) is 55.5 Å². The fraction of sp³-hybridized carbons (Fsp3) is 0.700. The van der Waals surface area contributed by atoms with Crippen LogP contribution in [-0.4, -0.2) is 40.6 Å². The van der Waals surface area contributed by atoms with E-state index in [0.29, 0.717) is 0 Å². The summed E-state index contributed by atoms with van der Waals surface area (Å²) < 4.78 is 112. The summed E-state index contributed by atoms with van der Waals surface area (Å²) >= 11 is 0. The van der Waals surface area contributed by atoms with Gasteiger partial charge in [0, 0.05) is 0 Å². The summed E-state index contributed by atoms with van der Waals surface area (Å²) in [6.07, 6.45) is -8.60. The van der Waals surface area contributed by atoms with Gasteiger partial charge in [-0.25, -0.2) is 0 Å². The Labute approximate surface area is 122 Å². The van der Waals surface area contributed by atoms with E-state index in [9.17, 15) is 49.5 Å². The van der Waals surface area contributed by atoms with Gasteiger partial charge in [-0.15, -0.1) is 0 Å². The summed E-state index contributed by atoms with van der Waals surface area (Å²) in [7, 11) is 0. The molecule has 0 rings (SSSR count). The molecule has 0 aromatic rings. The van der Waals surface area contributed by atoms with Crippen molar-refractivity contribution >= 4 is 5.78 Å². The molecule has 23 heavy (non-hydrogen) atoms. The van der Waals surface area contributed by atoms with Crippen LogP contribution in [0.15, 0.2) is 17.4 Å². The standard InChI is InChI=1S/C10H9F9N2O2/c1-5(6(2)22)20-21(23)4-3-7(11,12)8(13,14)9(15,16)10(17,18)19/h3-5H,1-2H3/b4-3+,21-20?. The van der Waals surface area contributed by atoms with Crippen LogP contribution in [0.1, 0.15) is 13.8 Å². The first-order valence-corrected chi connectivity index (χ1v) is 5.54. The molecule has 0 amide bonds.